The molecule has 0 spiro atoms. The van der Waals surface area contributed by atoms with E-state index in [0.717, 1.165) is 32.1 Å². The largest absolute Gasteiger partial charge is 0.394 e. The molecule has 2 heterocycles. The number of hydrogen-bond acceptors (Lipinski definition) is 14. The van der Waals surface area contributed by atoms with Crippen LogP contribution in [0.4, 0.5) is 0 Å². The van der Waals surface area contributed by atoms with Gasteiger partial charge in [0.25, 0.3) is 11.8 Å². The topological polar surface area (TPSA) is 227 Å². The second kappa shape index (κ2) is 16.3. The minimum absolute atomic E-state index is 0.117. The summed E-state index contributed by atoms with van der Waals surface area (Å²) in [6, 6.07) is 0. The lowest BCUT2D eigenvalue weighted by molar-refractivity contribution is -0.412. The van der Waals surface area contributed by atoms with Crippen molar-refractivity contribution in [1.82, 2.24) is 9.80 Å². The summed E-state index contributed by atoms with van der Waals surface area (Å²) in [5.74, 6) is -5.02. The van der Waals surface area contributed by atoms with Gasteiger partial charge >= 0.3 is 0 Å². The molecule has 2 fully saturated rings. The van der Waals surface area contributed by atoms with Crippen LogP contribution in [0.3, 0.4) is 0 Å². The highest BCUT2D eigenvalue weighted by molar-refractivity contribution is 4.98. The molecule has 2 unspecified atom stereocenters. The van der Waals surface area contributed by atoms with Crippen LogP contribution in [0.2, 0.25) is 0 Å². The van der Waals surface area contributed by atoms with E-state index < -0.39 is 73.9 Å². The summed E-state index contributed by atoms with van der Waals surface area (Å²) < 4.78 is 11.1. The third-order valence-corrected chi connectivity index (χ3v) is 8.00. The van der Waals surface area contributed by atoms with E-state index in [1.165, 1.54) is 9.80 Å². The predicted octanol–water partition coefficient (Wildman–Crippen LogP) is -3.01. The maximum Gasteiger partial charge on any atom is 0.258 e. The van der Waals surface area contributed by atoms with E-state index in [0.29, 0.717) is 19.3 Å². The number of nitrogens with zero attached hydrogens (tertiary/aromatic N) is 2. The Morgan fingerprint density at radius 1 is 0.525 bits per heavy atom. The van der Waals surface area contributed by atoms with E-state index in [1.54, 1.807) is 0 Å². The lowest BCUT2D eigenvalue weighted by Crippen LogP contribution is -2.73. The number of aliphatic hydroxyl groups excluding tert-OH is 8. The first-order valence-corrected chi connectivity index (χ1v) is 14.5. The summed E-state index contributed by atoms with van der Waals surface area (Å²) in [7, 11) is 0. The van der Waals surface area contributed by atoms with Crippen molar-refractivity contribution in [2.24, 2.45) is 0 Å². The number of unbranched alkanes of at least 4 members (excludes halogenated alkanes) is 6. The molecule has 2 aliphatic heterocycles. The van der Waals surface area contributed by atoms with Crippen molar-refractivity contribution in [2.45, 2.75) is 126 Å². The van der Waals surface area contributed by atoms with Crippen LogP contribution in [0.25, 0.3) is 0 Å². The number of ether oxygens (including phenoxy) is 2. The molecule has 0 saturated carbocycles. The average molecular weight is 585 g/mol. The Balaban J connectivity index is 2.31. The van der Waals surface area contributed by atoms with Crippen molar-refractivity contribution in [3.8, 4) is 0 Å². The minimum Gasteiger partial charge on any atom is -0.394 e. The second-order valence-corrected chi connectivity index (χ2v) is 10.9. The van der Waals surface area contributed by atoms with Gasteiger partial charge in [-0.3, -0.25) is 0 Å². The highest BCUT2D eigenvalue weighted by Gasteiger charge is 2.58. The highest BCUT2D eigenvalue weighted by Crippen LogP contribution is 2.34. The molecule has 2 rings (SSSR count). The van der Waals surface area contributed by atoms with E-state index in [-0.39, 0.29) is 26.2 Å². The molecular formula is C26H52N2O12. The minimum atomic E-state index is -2.51. The Bertz CT molecular complexity index is 721. The van der Waals surface area contributed by atoms with E-state index >= 15 is 0 Å². The molecule has 0 amide bonds. The van der Waals surface area contributed by atoms with Gasteiger partial charge in [-0.15, -0.1) is 0 Å². The van der Waals surface area contributed by atoms with Gasteiger partial charge in [0.15, 0.2) is 12.2 Å². The van der Waals surface area contributed by atoms with Crippen LogP contribution < -0.4 is 0 Å². The fourth-order valence-electron chi connectivity index (χ4n) is 5.33. The Morgan fingerprint density at radius 3 is 1.30 bits per heavy atom. The van der Waals surface area contributed by atoms with Crippen LogP contribution in [0.5, 0.6) is 0 Å². The molecule has 0 aromatic heterocycles. The quantitative estimate of drug-likeness (QED) is 0.0607. The summed E-state index contributed by atoms with van der Waals surface area (Å²) >= 11 is 0. The maximum absolute atomic E-state index is 11.5. The lowest BCUT2D eigenvalue weighted by Gasteiger charge is -2.52. The summed E-state index contributed by atoms with van der Waals surface area (Å²) in [6.45, 7) is 2.62. The fourth-order valence-corrected chi connectivity index (χ4v) is 5.33. The van der Waals surface area contributed by atoms with E-state index in [1.807, 2.05) is 6.92 Å². The molecule has 10 N–H and O–H groups in total. The fraction of sp³-hybridized carbons (Fsp3) is 1.00. The third-order valence-electron chi connectivity index (χ3n) is 8.00. The standard InChI is InChI=1S/C26H52N2O12/c1-3-5-7-8-9-10-12-28(26(38)24(36)22(34)20(32)18(16-30)40-26)14-13-27(11-6-4-2)25(37)23(35)21(33)19(31)17(15-29)39-25/h17-24,29-38H,3-16H2,1-2H3/t17-,18-,19-,20-,21+,22+,23-,24-,25?,26?/m1/s1. The van der Waals surface area contributed by atoms with Gasteiger partial charge < -0.3 is 60.5 Å². The van der Waals surface area contributed by atoms with E-state index in [9.17, 15) is 51.1 Å². The molecule has 40 heavy (non-hydrogen) atoms. The lowest BCUT2D eigenvalue weighted by atomic mass is 9.95. The molecule has 2 aliphatic rings. The van der Waals surface area contributed by atoms with Crippen molar-refractivity contribution in [3.05, 3.63) is 0 Å². The van der Waals surface area contributed by atoms with Gasteiger partial charge in [0.1, 0.15) is 36.6 Å². The van der Waals surface area contributed by atoms with Gasteiger partial charge in [0.2, 0.25) is 0 Å². The molecule has 10 atom stereocenters. The SMILES string of the molecule is CCCCCCCCN(CCN(CCCC)C1(O)O[C@H](CO)[C@@H](O)[C@H](O)[C@H]1O)C1(O)O[C@H](CO)[C@@H](O)[C@H](O)[C@H]1O. The van der Waals surface area contributed by atoms with Gasteiger partial charge in [-0.2, -0.15) is 0 Å². The zero-order chi connectivity index (χ0) is 30.1. The Morgan fingerprint density at radius 2 is 0.900 bits per heavy atom. The first kappa shape index (κ1) is 35.6. The Hall–Kier alpha value is -0.560. The maximum atomic E-state index is 11.5. The molecule has 0 bridgehead atoms. The smallest absolute Gasteiger partial charge is 0.258 e. The van der Waals surface area contributed by atoms with Gasteiger partial charge in [-0.05, 0) is 12.8 Å². The molecule has 14 heteroatoms. The zero-order valence-electron chi connectivity index (χ0n) is 23.7. The van der Waals surface area contributed by atoms with Crippen molar-refractivity contribution in [3.63, 3.8) is 0 Å². The third kappa shape index (κ3) is 8.08. The molecular weight excluding hydrogens is 532 g/mol. The van der Waals surface area contributed by atoms with Crippen molar-refractivity contribution >= 4 is 0 Å². The van der Waals surface area contributed by atoms with Gasteiger partial charge in [-0.25, -0.2) is 9.80 Å². The first-order chi connectivity index (χ1) is 18.9. The molecule has 0 aromatic rings. The number of hydrogen-bond donors (Lipinski definition) is 10. The molecule has 0 aliphatic carbocycles. The first-order valence-electron chi connectivity index (χ1n) is 14.5. The van der Waals surface area contributed by atoms with E-state index in [4.69, 9.17) is 9.47 Å². The summed E-state index contributed by atoms with van der Waals surface area (Å²) in [5, 5.41) is 105. The number of aliphatic hydroxyl groups is 10. The van der Waals surface area contributed by atoms with Gasteiger partial charge in [-0.1, -0.05) is 52.4 Å². The van der Waals surface area contributed by atoms with Gasteiger partial charge in [0, 0.05) is 26.2 Å². The zero-order valence-corrected chi connectivity index (χ0v) is 23.7. The van der Waals surface area contributed by atoms with Crippen molar-refractivity contribution in [1.29, 1.82) is 0 Å². The Kier molecular flexibility index (Phi) is 14.5. The molecule has 0 aromatic carbocycles. The van der Waals surface area contributed by atoms with Crippen molar-refractivity contribution < 1.29 is 60.5 Å². The second-order valence-electron chi connectivity index (χ2n) is 10.9. The van der Waals surface area contributed by atoms with Crippen LogP contribution in [-0.4, -0.2) is 161 Å². The average Bonchev–Trinajstić information content (AvgIpc) is 2.95. The molecule has 0 radical (unpaired) electrons. The Labute approximate surface area is 236 Å². The van der Waals surface area contributed by atoms with E-state index in [2.05, 4.69) is 6.92 Å². The summed E-state index contributed by atoms with van der Waals surface area (Å²) in [5.41, 5.74) is 0. The van der Waals surface area contributed by atoms with Crippen LogP contribution in [-0.2, 0) is 9.47 Å². The highest BCUT2D eigenvalue weighted by atomic mass is 16.7. The monoisotopic (exact) mass is 584 g/mol. The van der Waals surface area contributed by atoms with Crippen molar-refractivity contribution in [2.75, 3.05) is 39.4 Å². The van der Waals surface area contributed by atoms with Crippen LogP contribution >= 0.6 is 0 Å². The molecule has 2 saturated heterocycles. The van der Waals surface area contributed by atoms with Crippen LogP contribution in [0.15, 0.2) is 0 Å². The number of rotatable bonds is 17. The normalized spacial score (nSPS) is 38.9. The van der Waals surface area contributed by atoms with Crippen LogP contribution in [0, 0.1) is 0 Å². The predicted molar refractivity (Wildman–Crippen MR) is 141 cm³/mol. The van der Waals surface area contributed by atoms with Crippen LogP contribution in [0.1, 0.15) is 65.2 Å². The summed E-state index contributed by atoms with van der Waals surface area (Å²) in [6.07, 6.45) is -6.95. The summed E-state index contributed by atoms with van der Waals surface area (Å²) in [4.78, 5) is 2.64. The molecule has 238 valence electrons. The molecule has 14 nitrogen and oxygen atoms in total. The van der Waals surface area contributed by atoms with Gasteiger partial charge in [0.05, 0.1) is 13.2 Å².